The number of hydrogen-bond donors (Lipinski definition) is 1. The fourth-order valence-corrected chi connectivity index (χ4v) is 5.38. The van der Waals surface area contributed by atoms with E-state index in [0.29, 0.717) is 30.6 Å². The van der Waals surface area contributed by atoms with Gasteiger partial charge in [0, 0.05) is 17.7 Å². The quantitative estimate of drug-likeness (QED) is 0.393. The van der Waals surface area contributed by atoms with Gasteiger partial charge in [-0.1, -0.05) is 45.4 Å². The predicted molar refractivity (Wildman–Crippen MR) is 135 cm³/mol. The van der Waals surface area contributed by atoms with E-state index < -0.39 is 11.7 Å². The summed E-state index contributed by atoms with van der Waals surface area (Å²) >= 11 is 1.47. The van der Waals surface area contributed by atoms with Crippen molar-refractivity contribution in [1.29, 1.82) is 0 Å². The highest BCUT2D eigenvalue weighted by atomic mass is 32.2. The van der Waals surface area contributed by atoms with Crippen LogP contribution in [0.25, 0.3) is 5.57 Å². The highest BCUT2D eigenvalue weighted by Crippen LogP contribution is 2.38. The lowest BCUT2D eigenvalue weighted by Crippen LogP contribution is -2.21. The van der Waals surface area contributed by atoms with Crippen molar-refractivity contribution in [3.05, 3.63) is 70.0 Å². The van der Waals surface area contributed by atoms with Crippen molar-refractivity contribution >= 4 is 23.1 Å². The average molecular weight is 493 g/mol. The molecule has 1 N–H and O–H groups in total. The van der Waals surface area contributed by atoms with E-state index in [1.807, 2.05) is 20.8 Å². The number of aliphatic hydroxyl groups excluding tert-OH is 1. The van der Waals surface area contributed by atoms with Gasteiger partial charge >= 0.3 is 6.18 Å². The molecule has 6 heteroatoms. The van der Waals surface area contributed by atoms with Gasteiger partial charge in [-0.2, -0.15) is 13.2 Å². The van der Waals surface area contributed by atoms with Crippen molar-refractivity contribution in [3.8, 4) is 0 Å². The molecule has 2 aromatic carbocycles. The molecule has 0 saturated carbocycles. The third kappa shape index (κ3) is 6.91. The Morgan fingerprint density at radius 3 is 2.03 bits per heavy atom. The van der Waals surface area contributed by atoms with Gasteiger partial charge < -0.3 is 5.11 Å². The molecular weight excluding hydrogens is 457 g/mol. The first-order valence-corrected chi connectivity index (χ1v) is 13.0. The van der Waals surface area contributed by atoms with Crippen LogP contribution in [0.4, 0.5) is 13.2 Å². The van der Waals surface area contributed by atoms with Gasteiger partial charge in [-0.25, -0.2) is 0 Å². The van der Waals surface area contributed by atoms with Crippen LogP contribution in [0.5, 0.6) is 0 Å². The number of rotatable bonds is 7. The molecule has 0 amide bonds. The zero-order valence-corrected chi connectivity index (χ0v) is 21.5. The Labute approximate surface area is 205 Å². The molecule has 0 spiro atoms. The van der Waals surface area contributed by atoms with Crippen LogP contribution in [0.2, 0.25) is 0 Å². The monoisotopic (exact) mass is 492 g/mol. The molecule has 1 aliphatic rings. The number of ketones is 1. The first-order chi connectivity index (χ1) is 16.1. The summed E-state index contributed by atoms with van der Waals surface area (Å²) in [5.41, 5.74) is 4.06. The number of carbonyl (C=O) groups excluding carboxylic acids is 1. The normalized spacial score (nSPS) is 16.4. The minimum Gasteiger partial charge on any atom is -0.512 e. The summed E-state index contributed by atoms with van der Waals surface area (Å²) in [5, 5.41) is 10.8. The number of hydrogen-bond acceptors (Lipinski definition) is 3. The summed E-state index contributed by atoms with van der Waals surface area (Å²) in [5.74, 6) is 0.857. The van der Waals surface area contributed by atoms with Crippen molar-refractivity contribution in [2.75, 3.05) is 5.75 Å². The molecule has 1 atom stereocenters. The number of carbonyl (C=O) groups is 1. The number of thioether (sulfide) groups is 1. The Bertz CT molecular complexity index is 982. The summed E-state index contributed by atoms with van der Waals surface area (Å²) in [4.78, 5) is 13.8. The van der Waals surface area contributed by atoms with Crippen LogP contribution in [-0.4, -0.2) is 16.6 Å². The van der Waals surface area contributed by atoms with E-state index in [4.69, 9.17) is 0 Å². The van der Waals surface area contributed by atoms with E-state index in [2.05, 4.69) is 26.0 Å². The Hall–Kier alpha value is -2.21. The Balaban J connectivity index is 0.00000199. The minimum absolute atomic E-state index is 0.0217. The Morgan fingerprint density at radius 2 is 1.56 bits per heavy atom. The highest BCUT2D eigenvalue weighted by molar-refractivity contribution is 7.99. The van der Waals surface area contributed by atoms with E-state index >= 15 is 0 Å². The van der Waals surface area contributed by atoms with Crippen molar-refractivity contribution in [2.45, 2.75) is 77.8 Å². The van der Waals surface area contributed by atoms with Crippen LogP contribution < -0.4 is 0 Å². The molecule has 34 heavy (non-hydrogen) atoms. The Kier molecular flexibility index (Phi) is 10.3. The van der Waals surface area contributed by atoms with E-state index in [1.165, 1.54) is 23.9 Å². The summed E-state index contributed by atoms with van der Waals surface area (Å²) in [6.45, 7) is 10.2. The van der Waals surface area contributed by atoms with Crippen molar-refractivity contribution < 1.29 is 23.1 Å². The van der Waals surface area contributed by atoms with Crippen LogP contribution in [-0.2, 0) is 23.8 Å². The smallest absolute Gasteiger partial charge is 0.416 e. The molecular formula is C28H35F3O2S. The van der Waals surface area contributed by atoms with Gasteiger partial charge in [-0.3, -0.25) is 4.79 Å². The number of alkyl halides is 3. The van der Waals surface area contributed by atoms with E-state index in [0.717, 1.165) is 52.1 Å². The van der Waals surface area contributed by atoms with E-state index in [1.54, 1.807) is 0 Å². The lowest BCUT2D eigenvalue weighted by atomic mass is 9.79. The maximum Gasteiger partial charge on any atom is 0.416 e. The number of allylic oxidation sites excluding steroid dienone is 2. The predicted octanol–water partition coefficient (Wildman–Crippen LogP) is 8.60. The van der Waals surface area contributed by atoms with Gasteiger partial charge in [0.1, 0.15) is 5.76 Å². The SMILES string of the molecule is CC.CCc1cc(C)cc(CC)c1C1=C(O)CC(CCSc2ccc(C(F)(F)F)cc2)CC1=O. The minimum atomic E-state index is -4.33. The van der Waals surface area contributed by atoms with Crippen molar-refractivity contribution in [3.63, 3.8) is 0 Å². The molecule has 0 bridgehead atoms. The zero-order chi connectivity index (χ0) is 25.5. The van der Waals surface area contributed by atoms with E-state index in [-0.39, 0.29) is 17.5 Å². The first kappa shape index (κ1) is 28.0. The molecule has 0 radical (unpaired) electrons. The standard InChI is InChI=1S/C26H29F3O2S.C2H6/c1-4-18-12-16(3)13-19(5-2)24(18)25-22(30)14-17(15-23(25)31)10-11-32-21-8-6-20(7-9-21)26(27,28)29;1-2/h6-9,12-13,17,30H,4-5,10-11,14-15H2,1-3H3;1-2H3. The second-order valence-electron chi connectivity index (χ2n) is 8.34. The molecule has 3 rings (SSSR count). The van der Waals surface area contributed by atoms with Gasteiger partial charge in [0.05, 0.1) is 11.1 Å². The second-order valence-corrected chi connectivity index (χ2v) is 9.51. The van der Waals surface area contributed by atoms with Gasteiger partial charge in [0.2, 0.25) is 0 Å². The molecule has 2 nitrogen and oxygen atoms in total. The molecule has 0 saturated heterocycles. The molecule has 2 aromatic rings. The highest BCUT2D eigenvalue weighted by Gasteiger charge is 2.31. The van der Waals surface area contributed by atoms with Crippen LogP contribution >= 0.6 is 11.8 Å². The summed E-state index contributed by atoms with van der Waals surface area (Å²) in [6, 6.07) is 9.32. The van der Waals surface area contributed by atoms with Crippen molar-refractivity contribution in [2.24, 2.45) is 5.92 Å². The fraction of sp³-hybridized carbons (Fsp3) is 0.464. The molecule has 1 aliphatic carbocycles. The van der Waals surface area contributed by atoms with E-state index in [9.17, 15) is 23.1 Å². The van der Waals surface area contributed by atoms with Crippen molar-refractivity contribution in [1.82, 2.24) is 0 Å². The lowest BCUT2D eigenvalue weighted by Gasteiger charge is -2.26. The van der Waals surface area contributed by atoms with Crippen LogP contribution in [0, 0.1) is 12.8 Å². The van der Waals surface area contributed by atoms with Crippen LogP contribution in [0.3, 0.4) is 0 Å². The molecule has 0 aliphatic heterocycles. The molecule has 1 unspecified atom stereocenters. The third-order valence-electron chi connectivity index (χ3n) is 5.96. The molecule has 0 heterocycles. The summed E-state index contributed by atoms with van der Waals surface area (Å²) in [6.07, 6.45) is -1.20. The molecule has 0 aromatic heterocycles. The summed E-state index contributed by atoms with van der Waals surface area (Å²) < 4.78 is 38.1. The number of aryl methyl sites for hydroxylation is 3. The summed E-state index contributed by atoms with van der Waals surface area (Å²) in [7, 11) is 0. The zero-order valence-electron chi connectivity index (χ0n) is 20.7. The Morgan fingerprint density at radius 1 is 1.00 bits per heavy atom. The number of aliphatic hydroxyl groups is 1. The maximum atomic E-state index is 13.1. The third-order valence-corrected chi connectivity index (χ3v) is 7.00. The number of Topliss-reactive ketones (excluding diaryl/α,β-unsaturated/α-hetero) is 1. The largest absolute Gasteiger partial charge is 0.512 e. The molecule has 186 valence electrons. The van der Waals surface area contributed by atoms with Gasteiger partial charge in [-0.05, 0) is 78.8 Å². The van der Waals surface area contributed by atoms with Crippen LogP contribution in [0.15, 0.2) is 47.1 Å². The van der Waals surface area contributed by atoms with Crippen LogP contribution in [0.1, 0.15) is 74.8 Å². The molecule has 0 fully saturated rings. The average Bonchev–Trinajstić information content (AvgIpc) is 2.80. The number of benzene rings is 2. The van der Waals surface area contributed by atoms with Gasteiger partial charge in [-0.15, -0.1) is 11.8 Å². The number of halogens is 3. The first-order valence-electron chi connectivity index (χ1n) is 12.0. The lowest BCUT2D eigenvalue weighted by molar-refractivity contribution is -0.137. The van der Waals surface area contributed by atoms with Gasteiger partial charge in [0.15, 0.2) is 5.78 Å². The second kappa shape index (κ2) is 12.5. The maximum absolute atomic E-state index is 13.1. The fourth-order valence-electron chi connectivity index (χ4n) is 4.36. The topological polar surface area (TPSA) is 37.3 Å². The van der Waals surface area contributed by atoms with Gasteiger partial charge in [0.25, 0.3) is 0 Å².